The molecule has 1 nitrogen and oxygen atoms in total. The van der Waals surface area contributed by atoms with E-state index >= 15 is 0 Å². The van der Waals surface area contributed by atoms with Crippen molar-refractivity contribution in [1.29, 1.82) is 0 Å². The van der Waals surface area contributed by atoms with E-state index in [0.29, 0.717) is 5.41 Å². The summed E-state index contributed by atoms with van der Waals surface area (Å²) < 4.78 is 0. The van der Waals surface area contributed by atoms with Gasteiger partial charge in [-0.3, -0.25) is 0 Å². The van der Waals surface area contributed by atoms with E-state index in [1.54, 1.807) is 0 Å². The van der Waals surface area contributed by atoms with Crippen LogP contribution < -0.4 is 5.73 Å². The van der Waals surface area contributed by atoms with Crippen molar-refractivity contribution in [2.45, 2.75) is 26.2 Å². The fraction of sp³-hybridized carbons (Fsp3) is 1.00. The van der Waals surface area contributed by atoms with Crippen molar-refractivity contribution in [3.05, 3.63) is 0 Å². The van der Waals surface area contributed by atoms with Crippen LogP contribution in [0.3, 0.4) is 0 Å². The van der Waals surface area contributed by atoms with E-state index < -0.39 is 0 Å². The van der Waals surface area contributed by atoms with E-state index in [1.807, 2.05) is 0 Å². The molecule has 42 valence electrons. The summed E-state index contributed by atoms with van der Waals surface area (Å²) >= 11 is 0. The van der Waals surface area contributed by atoms with Crippen LogP contribution in [0.4, 0.5) is 0 Å². The minimum Gasteiger partial charge on any atom is -0.330 e. The average Bonchev–Trinajstić information content (AvgIpc) is 2.46. The van der Waals surface area contributed by atoms with Crippen LogP contribution >= 0.6 is 0 Å². The summed E-state index contributed by atoms with van der Waals surface area (Å²) in [7, 11) is 0. The van der Waals surface area contributed by atoms with E-state index in [2.05, 4.69) is 6.92 Å². The highest BCUT2D eigenvalue weighted by molar-refractivity contribution is 4.92. The SMILES string of the molecule is CCC1(CN)CC1. The van der Waals surface area contributed by atoms with Gasteiger partial charge in [-0.25, -0.2) is 0 Å². The molecule has 0 unspecified atom stereocenters. The van der Waals surface area contributed by atoms with Gasteiger partial charge in [-0.15, -0.1) is 0 Å². The van der Waals surface area contributed by atoms with Crippen LogP contribution in [0.25, 0.3) is 0 Å². The van der Waals surface area contributed by atoms with Crippen molar-refractivity contribution >= 4 is 0 Å². The normalized spacial score (nSPS) is 24.9. The van der Waals surface area contributed by atoms with Crippen LogP contribution in [0.15, 0.2) is 0 Å². The van der Waals surface area contributed by atoms with E-state index in [9.17, 15) is 0 Å². The van der Waals surface area contributed by atoms with Gasteiger partial charge in [0.25, 0.3) is 0 Å². The Bertz CT molecular complexity index is 58.6. The van der Waals surface area contributed by atoms with Crippen molar-refractivity contribution in [1.82, 2.24) is 0 Å². The van der Waals surface area contributed by atoms with Crippen molar-refractivity contribution in [3.8, 4) is 0 Å². The fourth-order valence-corrected chi connectivity index (χ4v) is 0.879. The summed E-state index contributed by atoms with van der Waals surface area (Å²) in [5.41, 5.74) is 6.09. The maximum Gasteiger partial charge on any atom is -0.00206 e. The van der Waals surface area contributed by atoms with Gasteiger partial charge in [0.05, 0.1) is 0 Å². The third-order valence-electron chi connectivity index (χ3n) is 2.14. The quantitative estimate of drug-likeness (QED) is 0.552. The lowest BCUT2D eigenvalue weighted by Gasteiger charge is -2.04. The zero-order valence-corrected chi connectivity index (χ0v) is 4.91. The molecule has 1 aliphatic rings. The number of hydrogen-bond donors (Lipinski definition) is 1. The largest absolute Gasteiger partial charge is 0.330 e. The van der Waals surface area contributed by atoms with Crippen molar-refractivity contribution < 1.29 is 0 Å². The Morgan fingerprint density at radius 2 is 2.14 bits per heavy atom. The molecule has 1 heteroatoms. The second-order valence-corrected chi connectivity index (χ2v) is 2.56. The summed E-state index contributed by atoms with van der Waals surface area (Å²) in [6.45, 7) is 3.13. The molecule has 0 amide bonds. The first-order valence-corrected chi connectivity index (χ1v) is 3.03. The summed E-state index contributed by atoms with van der Waals surface area (Å²) in [4.78, 5) is 0. The molecule has 2 N–H and O–H groups in total. The Balaban J connectivity index is 2.28. The number of rotatable bonds is 2. The lowest BCUT2D eigenvalue weighted by molar-refractivity contribution is 0.505. The van der Waals surface area contributed by atoms with Gasteiger partial charge < -0.3 is 5.73 Å². The van der Waals surface area contributed by atoms with Gasteiger partial charge in [-0.1, -0.05) is 6.92 Å². The maximum absolute atomic E-state index is 5.48. The molecule has 0 aromatic heterocycles. The number of hydrogen-bond acceptors (Lipinski definition) is 1. The molecule has 0 bridgehead atoms. The van der Waals surface area contributed by atoms with Crippen molar-refractivity contribution in [3.63, 3.8) is 0 Å². The minimum absolute atomic E-state index is 0.611. The van der Waals surface area contributed by atoms with Crippen LogP contribution in [0.1, 0.15) is 26.2 Å². The molecule has 0 aliphatic heterocycles. The molecular formula is C6H13N. The van der Waals surface area contributed by atoms with Gasteiger partial charge >= 0.3 is 0 Å². The second kappa shape index (κ2) is 1.48. The molecule has 0 radical (unpaired) electrons. The number of nitrogens with two attached hydrogens (primary N) is 1. The molecule has 1 fully saturated rings. The van der Waals surface area contributed by atoms with Gasteiger partial charge in [0, 0.05) is 0 Å². The zero-order chi connectivity index (χ0) is 5.33. The molecule has 1 aliphatic carbocycles. The summed E-state index contributed by atoms with van der Waals surface area (Å²) in [6.07, 6.45) is 4.03. The van der Waals surface area contributed by atoms with Crippen molar-refractivity contribution in [2.75, 3.05) is 6.54 Å². The molecule has 0 aromatic carbocycles. The van der Waals surface area contributed by atoms with Gasteiger partial charge in [0.15, 0.2) is 0 Å². The maximum atomic E-state index is 5.48. The van der Waals surface area contributed by atoms with Gasteiger partial charge in [0.1, 0.15) is 0 Å². The standard InChI is InChI=1S/C6H13N/c1-2-6(5-7)3-4-6/h2-5,7H2,1H3. The first kappa shape index (κ1) is 5.10. The Hall–Kier alpha value is -0.0400. The third-order valence-corrected chi connectivity index (χ3v) is 2.14. The van der Waals surface area contributed by atoms with Crippen molar-refractivity contribution in [2.24, 2.45) is 11.1 Å². The Morgan fingerprint density at radius 3 is 2.14 bits per heavy atom. The molecule has 1 saturated carbocycles. The van der Waals surface area contributed by atoms with E-state index in [0.717, 1.165) is 6.54 Å². The van der Waals surface area contributed by atoms with Crippen LogP contribution in [0, 0.1) is 5.41 Å². The Morgan fingerprint density at radius 1 is 1.57 bits per heavy atom. The van der Waals surface area contributed by atoms with E-state index in [4.69, 9.17) is 5.73 Å². The van der Waals surface area contributed by atoms with E-state index in [-0.39, 0.29) is 0 Å². The molecule has 0 spiro atoms. The van der Waals surface area contributed by atoms with Crippen LogP contribution in [0.5, 0.6) is 0 Å². The van der Waals surface area contributed by atoms with Gasteiger partial charge in [0.2, 0.25) is 0 Å². The monoisotopic (exact) mass is 99.1 g/mol. The molecule has 0 aromatic rings. The summed E-state index contributed by atoms with van der Waals surface area (Å²) in [6, 6.07) is 0. The fourth-order valence-electron chi connectivity index (χ4n) is 0.879. The summed E-state index contributed by atoms with van der Waals surface area (Å²) in [5, 5.41) is 0. The lowest BCUT2D eigenvalue weighted by Crippen LogP contribution is -2.13. The van der Waals surface area contributed by atoms with Gasteiger partial charge in [-0.2, -0.15) is 0 Å². The predicted molar refractivity (Wildman–Crippen MR) is 31.0 cm³/mol. The Kier molecular flexibility index (Phi) is 1.08. The third kappa shape index (κ3) is 0.778. The second-order valence-electron chi connectivity index (χ2n) is 2.56. The Labute approximate surface area is 44.9 Å². The van der Waals surface area contributed by atoms with E-state index in [1.165, 1.54) is 19.3 Å². The van der Waals surface area contributed by atoms with Crippen LogP contribution in [-0.2, 0) is 0 Å². The first-order chi connectivity index (χ1) is 3.33. The average molecular weight is 99.2 g/mol. The lowest BCUT2D eigenvalue weighted by atomic mass is 10.1. The smallest absolute Gasteiger partial charge is 0.00206 e. The first-order valence-electron chi connectivity index (χ1n) is 3.03. The zero-order valence-electron chi connectivity index (χ0n) is 4.91. The molecule has 1 rings (SSSR count). The molecular weight excluding hydrogens is 86.1 g/mol. The molecule has 7 heavy (non-hydrogen) atoms. The predicted octanol–water partition coefficient (Wildman–Crippen LogP) is 1.14. The van der Waals surface area contributed by atoms with Crippen LogP contribution in [-0.4, -0.2) is 6.54 Å². The summed E-state index contributed by atoms with van der Waals surface area (Å²) in [5.74, 6) is 0. The van der Waals surface area contributed by atoms with Gasteiger partial charge in [-0.05, 0) is 31.2 Å². The minimum atomic E-state index is 0.611. The highest BCUT2D eigenvalue weighted by atomic mass is 14.6. The molecule has 0 atom stereocenters. The highest BCUT2D eigenvalue weighted by Gasteiger charge is 2.38. The highest BCUT2D eigenvalue weighted by Crippen LogP contribution is 2.47. The van der Waals surface area contributed by atoms with Crippen LogP contribution in [0.2, 0.25) is 0 Å². The molecule has 0 heterocycles. The molecule has 0 saturated heterocycles. The topological polar surface area (TPSA) is 26.0 Å².